The Bertz CT molecular complexity index is 303. The topological polar surface area (TPSA) is 23.8 Å². The van der Waals surface area contributed by atoms with Gasteiger partial charge >= 0.3 is 0 Å². The minimum absolute atomic E-state index is 0.274. The van der Waals surface area contributed by atoms with E-state index in [1.54, 1.807) is 12.1 Å². The molecule has 0 saturated carbocycles. The van der Waals surface area contributed by atoms with Crippen molar-refractivity contribution < 1.29 is 1.37 Å². The van der Waals surface area contributed by atoms with Gasteiger partial charge in [0.05, 0.1) is 13.9 Å². The minimum Gasteiger partial charge on any atom is -0.198 e. The number of halogens is 1. The van der Waals surface area contributed by atoms with Gasteiger partial charge in [0.2, 0.25) is 0 Å². The lowest BCUT2D eigenvalue weighted by Gasteiger charge is -1.91. The van der Waals surface area contributed by atoms with Crippen molar-refractivity contribution in [1.29, 1.82) is 5.26 Å². The van der Waals surface area contributed by atoms with Gasteiger partial charge in [0.1, 0.15) is 0 Å². The van der Waals surface area contributed by atoms with Crippen LogP contribution in [0.25, 0.3) is 0 Å². The van der Waals surface area contributed by atoms with E-state index in [1.165, 1.54) is 6.07 Å². The summed E-state index contributed by atoms with van der Waals surface area (Å²) in [5, 5.41) is 8.89. The Labute approximate surface area is 66.3 Å². The van der Waals surface area contributed by atoms with Crippen LogP contribution in [0.5, 0.6) is 0 Å². The van der Waals surface area contributed by atoms with Crippen LogP contribution in [0, 0.1) is 11.3 Å². The summed E-state index contributed by atoms with van der Waals surface area (Å²) in [5.41, 5.74) is 0.719. The molecule has 2 heteroatoms. The molecule has 10 heavy (non-hydrogen) atoms. The summed E-state index contributed by atoms with van der Waals surface area (Å²) in [4.78, 5) is 0. The average Bonchev–Trinajstić information content (AvgIpc) is 1.95. The molecule has 1 rings (SSSR count). The van der Waals surface area contributed by atoms with Crippen LogP contribution >= 0.6 is 11.6 Å². The minimum atomic E-state index is 0.274. The van der Waals surface area contributed by atoms with Gasteiger partial charge in [-0.1, -0.05) is 23.7 Å². The number of nitrogens with zero attached hydrogens (tertiary/aromatic N) is 1. The molecule has 0 atom stereocenters. The lowest BCUT2D eigenvalue weighted by molar-refractivity contribution is 1.26. The first-order valence-corrected chi connectivity index (χ1v) is 3.24. The molecule has 0 radical (unpaired) electrons. The normalized spacial score (nSPS) is 10.2. The molecule has 1 nitrogen and oxygen atoms in total. The van der Waals surface area contributed by atoms with E-state index >= 15 is 0 Å². The molecule has 50 valence electrons. The second kappa shape index (κ2) is 3.24. The van der Waals surface area contributed by atoms with E-state index in [9.17, 15) is 0 Å². The zero-order valence-electron chi connectivity index (χ0n) is 6.26. The smallest absolute Gasteiger partial charge is 0.0669 e. The van der Waals surface area contributed by atoms with Crippen molar-refractivity contribution in [1.82, 2.24) is 0 Å². The van der Waals surface area contributed by atoms with E-state index in [0.717, 1.165) is 5.56 Å². The number of benzene rings is 1. The van der Waals surface area contributed by atoms with Crippen molar-refractivity contribution in [2.75, 3.05) is 0 Å². The predicted molar refractivity (Wildman–Crippen MR) is 40.8 cm³/mol. The van der Waals surface area contributed by atoms with Crippen LogP contribution in [-0.4, -0.2) is 0 Å². The van der Waals surface area contributed by atoms with Gasteiger partial charge in [0, 0.05) is 5.02 Å². The fourth-order valence-electron chi connectivity index (χ4n) is 0.633. The Morgan fingerprint density at radius 2 is 2.40 bits per heavy atom. The maximum atomic E-state index is 8.35. The maximum Gasteiger partial charge on any atom is 0.0669 e. The van der Waals surface area contributed by atoms with E-state index < -0.39 is 0 Å². The molecule has 0 aliphatic rings. The molecule has 0 N–H and O–H groups in total. The SMILES string of the molecule is [2H]c1cc(Cl)ccc1CC#N. The first kappa shape index (κ1) is 5.76. The van der Waals surface area contributed by atoms with Crippen molar-refractivity contribution in [3.05, 3.63) is 34.8 Å². The molecule has 0 unspecified atom stereocenters. The van der Waals surface area contributed by atoms with Crippen molar-refractivity contribution in [2.45, 2.75) is 6.42 Å². The van der Waals surface area contributed by atoms with Crippen LogP contribution < -0.4 is 0 Å². The van der Waals surface area contributed by atoms with Crippen molar-refractivity contribution in [2.24, 2.45) is 0 Å². The van der Waals surface area contributed by atoms with Gasteiger partial charge in [0.25, 0.3) is 0 Å². The van der Waals surface area contributed by atoms with Crippen LogP contribution in [0.3, 0.4) is 0 Å². The van der Waals surface area contributed by atoms with Gasteiger partial charge in [-0.3, -0.25) is 0 Å². The summed E-state index contributed by atoms with van der Waals surface area (Å²) in [7, 11) is 0. The number of hydrogen-bond acceptors (Lipinski definition) is 1. The molecular weight excluding hydrogens is 146 g/mol. The number of nitriles is 1. The largest absolute Gasteiger partial charge is 0.198 e. The highest BCUT2D eigenvalue weighted by molar-refractivity contribution is 6.30. The molecule has 0 spiro atoms. The van der Waals surface area contributed by atoms with Gasteiger partial charge in [-0.05, 0) is 17.7 Å². The number of rotatable bonds is 1. The Morgan fingerprint density at radius 1 is 1.60 bits per heavy atom. The van der Waals surface area contributed by atoms with E-state index in [1.807, 2.05) is 6.07 Å². The molecule has 1 aromatic carbocycles. The van der Waals surface area contributed by atoms with Gasteiger partial charge < -0.3 is 0 Å². The van der Waals surface area contributed by atoms with Crippen LogP contribution in [0.1, 0.15) is 6.93 Å². The Kier molecular flexibility index (Phi) is 1.87. The van der Waals surface area contributed by atoms with Crippen LogP contribution in [0.2, 0.25) is 5.02 Å². The summed E-state index contributed by atoms with van der Waals surface area (Å²) in [5.74, 6) is 0. The highest BCUT2D eigenvalue weighted by atomic mass is 35.5. The molecule has 1 aromatic rings. The summed E-state index contributed by atoms with van der Waals surface area (Å²) in [6.45, 7) is 0. The summed E-state index contributed by atoms with van der Waals surface area (Å²) < 4.78 is 7.38. The Hall–Kier alpha value is -1.00. The Balaban J connectivity index is 3.01. The maximum absolute atomic E-state index is 8.35. The van der Waals surface area contributed by atoms with E-state index in [4.69, 9.17) is 18.2 Å². The second-order valence-corrected chi connectivity index (χ2v) is 2.30. The van der Waals surface area contributed by atoms with Gasteiger partial charge in [0.15, 0.2) is 0 Å². The second-order valence-electron chi connectivity index (χ2n) is 1.87. The van der Waals surface area contributed by atoms with Crippen molar-refractivity contribution in [3.8, 4) is 6.07 Å². The first-order valence-electron chi connectivity index (χ1n) is 3.36. The third-order valence-corrected chi connectivity index (χ3v) is 1.34. The fourth-order valence-corrected chi connectivity index (χ4v) is 0.751. The third kappa shape index (κ3) is 1.75. The van der Waals surface area contributed by atoms with E-state index in [2.05, 4.69) is 0 Å². The zero-order valence-corrected chi connectivity index (χ0v) is 6.02. The standard InChI is InChI=1S/C8H6ClN/c9-8-3-1-7(2-4-8)5-6-10/h1-4H,5H2/i1D. The highest BCUT2D eigenvalue weighted by Gasteiger charge is 1.89. The molecule has 0 aromatic heterocycles. The molecular formula is C8H6ClN. The van der Waals surface area contributed by atoms with Crippen molar-refractivity contribution in [3.63, 3.8) is 0 Å². The molecule has 0 aliphatic heterocycles. The molecule has 0 amide bonds. The van der Waals surface area contributed by atoms with Crippen LogP contribution in [0.4, 0.5) is 0 Å². The molecule has 0 fully saturated rings. The lowest BCUT2D eigenvalue weighted by atomic mass is 10.2. The van der Waals surface area contributed by atoms with Gasteiger partial charge in [-0.2, -0.15) is 5.26 Å². The third-order valence-electron chi connectivity index (χ3n) is 1.11. The Morgan fingerprint density at radius 3 is 3.00 bits per heavy atom. The van der Waals surface area contributed by atoms with Crippen molar-refractivity contribution >= 4 is 11.6 Å². The number of hydrogen-bond donors (Lipinski definition) is 0. The zero-order chi connectivity index (χ0) is 8.27. The van der Waals surface area contributed by atoms with Gasteiger partial charge in [-0.25, -0.2) is 0 Å². The molecule has 0 aliphatic carbocycles. The predicted octanol–water partition coefficient (Wildman–Crippen LogP) is 2.41. The summed E-state index contributed by atoms with van der Waals surface area (Å²) in [6, 6.07) is 7.24. The van der Waals surface area contributed by atoms with Crippen LogP contribution in [0.15, 0.2) is 24.2 Å². The average molecular weight is 153 g/mol. The summed E-state index contributed by atoms with van der Waals surface area (Å²) in [6.07, 6.45) is 0.274. The fraction of sp³-hybridized carbons (Fsp3) is 0.125. The monoisotopic (exact) mass is 152 g/mol. The molecule has 0 bridgehead atoms. The lowest BCUT2D eigenvalue weighted by Crippen LogP contribution is -1.78. The quantitative estimate of drug-likeness (QED) is 0.606. The van der Waals surface area contributed by atoms with Gasteiger partial charge in [-0.15, -0.1) is 0 Å². The van der Waals surface area contributed by atoms with E-state index in [0.29, 0.717) is 11.1 Å². The van der Waals surface area contributed by atoms with E-state index in [-0.39, 0.29) is 6.42 Å². The molecule has 0 heterocycles. The highest BCUT2D eigenvalue weighted by Crippen LogP contribution is 2.09. The molecule has 0 saturated heterocycles. The summed E-state index contributed by atoms with van der Waals surface area (Å²) >= 11 is 5.61. The van der Waals surface area contributed by atoms with Crippen LogP contribution in [-0.2, 0) is 6.42 Å². The first-order chi connectivity index (χ1) is 5.24.